The molecule has 1 atom stereocenters. The zero-order valence-electron chi connectivity index (χ0n) is 14.6. The molecule has 2 aromatic rings. The minimum absolute atomic E-state index is 0. The molecular formula is C18H25ClN4O2. The minimum atomic E-state index is -0.508. The summed E-state index contributed by atoms with van der Waals surface area (Å²) in [4.78, 5) is 12.4. The normalized spacial score (nSPS) is 16.1. The van der Waals surface area contributed by atoms with Gasteiger partial charge >= 0.3 is 0 Å². The molecule has 0 spiro atoms. The van der Waals surface area contributed by atoms with Gasteiger partial charge in [-0.3, -0.25) is 4.79 Å². The molecule has 0 aliphatic carbocycles. The van der Waals surface area contributed by atoms with Gasteiger partial charge < -0.3 is 15.8 Å². The maximum atomic E-state index is 12.4. The molecule has 136 valence electrons. The van der Waals surface area contributed by atoms with Gasteiger partial charge in [0.05, 0.1) is 17.4 Å². The molecule has 0 radical (unpaired) electrons. The number of amides is 1. The largest absolute Gasteiger partial charge is 0.381 e. The third-order valence-corrected chi connectivity index (χ3v) is 4.44. The van der Waals surface area contributed by atoms with Crippen LogP contribution in [0.5, 0.6) is 0 Å². The maximum absolute atomic E-state index is 12.4. The molecule has 1 saturated heterocycles. The second kappa shape index (κ2) is 8.47. The van der Waals surface area contributed by atoms with Gasteiger partial charge in [-0.05, 0) is 56.9 Å². The van der Waals surface area contributed by atoms with E-state index in [4.69, 9.17) is 10.5 Å². The Kier molecular flexibility index (Phi) is 6.58. The molecule has 0 saturated carbocycles. The first kappa shape index (κ1) is 19.4. The van der Waals surface area contributed by atoms with E-state index in [1.165, 1.54) is 0 Å². The van der Waals surface area contributed by atoms with E-state index in [0.717, 1.165) is 35.6 Å². The summed E-state index contributed by atoms with van der Waals surface area (Å²) in [5.74, 6) is 0.0327. The van der Waals surface area contributed by atoms with Gasteiger partial charge in [0.15, 0.2) is 0 Å². The number of hydrogen-bond donors (Lipinski definition) is 2. The summed E-state index contributed by atoms with van der Waals surface area (Å²) in [5, 5.41) is 7.40. The molecule has 0 bridgehead atoms. The van der Waals surface area contributed by atoms with Crippen LogP contribution in [-0.2, 0) is 9.53 Å². The van der Waals surface area contributed by atoms with Gasteiger partial charge in [0, 0.05) is 24.6 Å². The van der Waals surface area contributed by atoms with Crippen molar-refractivity contribution in [3.8, 4) is 5.69 Å². The highest BCUT2D eigenvalue weighted by Gasteiger charge is 2.26. The van der Waals surface area contributed by atoms with E-state index in [1.54, 1.807) is 0 Å². The summed E-state index contributed by atoms with van der Waals surface area (Å²) in [6, 6.07) is 9.16. The number of aryl methyl sites for hydroxylation is 2. The van der Waals surface area contributed by atoms with Crippen LogP contribution in [0.25, 0.3) is 5.69 Å². The van der Waals surface area contributed by atoms with Crippen molar-refractivity contribution in [2.45, 2.75) is 32.7 Å². The van der Waals surface area contributed by atoms with Crippen LogP contribution in [0.1, 0.15) is 24.2 Å². The molecular weight excluding hydrogens is 340 g/mol. The molecule has 1 unspecified atom stereocenters. The summed E-state index contributed by atoms with van der Waals surface area (Å²) < 4.78 is 7.19. The zero-order chi connectivity index (χ0) is 17.1. The number of carbonyl (C=O) groups excluding carboxylic acids is 1. The lowest BCUT2D eigenvalue weighted by molar-refractivity contribution is -0.119. The number of nitrogens with zero attached hydrogens (tertiary/aromatic N) is 2. The van der Waals surface area contributed by atoms with Crippen LogP contribution in [0.15, 0.2) is 30.3 Å². The Balaban J connectivity index is 0.00000225. The van der Waals surface area contributed by atoms with Crippen molar-refractivity contribution in [1.29, 1.82) is 0 Å². The van der Waals surface area contributed by atoms with Crippen molar-refractivity contribution in [3.63, 3.8) is 0 Å². The number of aromatic nitrogens is 2. The summed E-state index contributed by atoms with van der Waals surface area (Å²) >= 11 is 0. The molecule has 2 heterocycles. The molecule has 3 N–H and O–H groups in total. The third kappa shape index (κ3) is 4.60. The van der Waals surface area contributed by atoms with Gasteiger partial charge in [0.1, 0.15) is 0 Å². The molecule has 3 rings (SSSR count). The van der Waals surface area contributed by atoms with E-state index in [9.17, 15) is 4.79 Å². The van der Waals surface area contributed by atoms with Crippen LogP contribution >= 0.6 is 12.4 Å². The first-order valence-corrected chi connectivity index (χ1v) is 8.32. The number of benzene rings is 1. The highest BCUT2D eigenvalue weighted by Crippen LogP contribution is 2.20. The second-order valence-corrected chi connectivity index (χ2v) is 6.35. The lowest BCUT2D eigenvalue weighted by atomic mass is 9.92. The van der Waals surface area contributed by atoms with Gasteiger partial charge in [-0.1, -0.05) is 6.07 Å². The average molecular weight is 365 g/mol. The summed E-state index contributed by atoms with van der Waals surface area (Å²) in [7, 11) is 0. The fraction of sp³-hybridized carbons (Fsp3) is 0.444. The molecule has 1 amide bonds. The van der Waals surface area contributed by atoms with Crippen molar-refractivity contribution < 1.29 is 9.53 Å². The standard InChI is InChI=1S/C18H24N4O2.ClH/c1-12-10-13(2)22(21-12)16-5-3-4-15(11-16)20-18(23)17(19)14-6-8-24-9-7-14;/h3-5,10-11,14,17H,6-9,19H2,1-2H3,(H,20,23);1H. The molecule has 7 heteroatoms. The third-order valence-electron chi connectivity index (χ3n) is 4.44. The summed E-state index contributed by atoms with van der Waals surface area (Å²) in [6.07, 6.45) is 1.67. The Morgan fingerprint density at radius 1 is 1.32 bits per heavy atom. The minimum Gasteiger partial charge on any atom is -0.381 e. The van der Waals surface area contributed by atoms with E-state index >= 15 is 0 Å². The van der Waals surface area contributed by atoms with E-state index in [1.807, 2.05) is 48.9 Å². The number of halogens is 1. The van der Waals surface area contributed by atoms with Crippen molar-refractivity contribution in [3.05, 3.63) is 41.7 Å². The van der Waals surface area contributed by atoms with Crippen LogP contribution in [-0.4, -0.2) is 34.9 Å². The number of anilines is 1. The topological polar surface area (TPSA) is 82.2 Å². The Morgan fingerprint density at radius 3 is 2.68 bits per heavy atom. The predicted octanol–water partition coefficient (Wildman–Crippen LogP) is 2.60. The predicted molar refractivity (Wildman–Crippen MR) is 100 cm³/mol. The molecule has 1 aliphatic heterocycles. The van der Waals surface area contributed by atoms with E-state index in [0.29, 0.717) is 13.2 Å². The van der Waals surface area contributed by atoms with Crippen LogP contribution in [0.2, 0.25) is 0 Å². The fourth-order valence-electron chi connectivity index (χ4n) is 3.12. The summed E-state index contributed by atoms with van der Waals surface area (Å²) in [5.41, 5.74) is 9.79. The molecule has 6 nitrogen and oxygen atoms in total. The van der Waals surface area contributed by atoms with Gasteiger partial charge in [-0.2, -0.15) is 5.10 Å². The van der Waals surface area contributed by atoms with Crippen molar-refractivity contribution in [2.75, 3.05) is 18.5 Å². The van der Waals surface area contributed by atoms with Gasteiger partial charge in [-0.25, -0.2) is 4.68 Å². The Labute approximate surface area is 154 Å². The number of nitrogens with one attached hydrogen (secondary N) is 1. The van der Waals surface area contributed by atoms with E-state index < -0.39 is 6.04 Å². The molecule has 1 aromatic carbocycles. The highest BCUT2D eigenvalue weighted by atomic mass is 35.5. The van der Waals surface area contributed by atoms with Crippen molar-refractivity contribution >= 4 is 24.0 Å². The van der Waals surface area contributed by atoms with Crippen LogP contribution in [0.4, 0.5) is 5.69 Å². The van der Waals surface area contributed by atoms with Crippen LogP contribution in [0.3, 0.4) is 0 Å². The van der Waals surface area contributed by atoms with Crippen LogP contribution < -0.4 is 11.1 Å². The number of hydrogen-bond acceptors (Lipinski definition) is 4. The average Bonchev–Trinajstić information content (AvgIpc) is 2.93. The van der Waals surface area contributed by atoms with E-state index in [-0.39, 0.29) is 24.2 Å². The highest BCUT2D eigenvalue weighted by molar-refractivity contribution is 5.95. The molecule has 1 aliphatic rings. The number of ether oxygens (including phenoxy) is 1. The lowest BCUT2D eigenvalue weighted by Crippen LogP contribution is -2.44. The molecule has 25 heavy (non-hydrogen) atoms. The summed E-state index contributed by atoms with van der Waals surface area (Å²) in [6.45, 7) is 5.33. The Bertz CT molecular complexity index is 726. The lowest BCUT2D eigenvalue weighted by Gasteiger charge is -2.26. The van der Waals surface area contributed by atoms with Crippen LogP contribution in [0, 0.1) is 19.8 Å². The monoisotopic (exact) mass is 364 g/mol. The number of rotatable bonds is 4. The SMILES string of the molecule is Cc1cc(C)n(-c2cccc(NC(=O)C(N)C3CCOCC3)c2)n1.Cl. The Hall–Kier alpha value is -1.89. The van der Waals surface area contributed by atoms with Gasteiger partial charge in [0.25, 0.3) is 0 Å². The smallest absolute Gasteiger partial charge is 0.241 e. The van der Waals surface area contributed by atoms with Gasteiger partial charge in [-0.15, -0.1) is 12.4 Å². The maximum Gasteiger partial charge on any atom is 0.241 e. The number of carbonyl (C=O) groups is 1. The number of nitrogens with two attached hydrogens (primary N) is 1. The van der Waals surface area contributed by atoms with Gasteiger partial charge in [0.2, 0.25) is 5.91 Å². The Morgan fingerprint density at radius 2 is 2.04 bits per heavy atom. The van der Waals surface area contributed by atoms with Crippen molar-refractivity contribution in [1.82, 2.24) is 9.78 Å². The zero-order valence-corrected chi connectivity index (χ0v) is 15.4. The first-order chi connectivity index (χ1) is 11.5. The molecule has 1 fully saturated rings. The quantitative estimate of drug-likeness (QED) is 0.873. The second-order valence-electron chi connectivity index (χ2n) is 6.35. The molecule has 1 aromatic heterocycles. The fourth-order valence-corrected chi connectivity index (χ4v) is 3.12. The first-order valence-electron chi connectivity index (χ1n) is 8.32. The van der Waals surface area contributed by atoms with Crippen molar-refractivity contribution in [2.24, 2.45) is 11.7 Å². The van der Waals surface area contributed by atoms with E-state index in [2.05, 4.69) is 10.4 Å².